The third-order valence-electron chi connectivity index (χ3n) is 6.70. The first kappa shape index (κ1) is 32.0. The lowest BCUT2D eigenvalue weighted by Crippen LogP contribution is -2.54. The Labute approximate surface area is 237 Å². The lowest BCUT2D eigenvalue weighted by atomic mass is 9.99. The van der Waals surface area contributed by atoms with Gasteiger partial charge in [-0.3, -0.25) is 9.59 Å². The number of nitrogens with two attached hydrogens (primary N) is 1. The van der Waals surface area contributed by atoms with E-state index in [1.165, 1.54) is 17.0 Å². The molecule has 2 aromatic carbocycles. The number of nitrogens with zero attached hydrogens (tertiary/aromatic N) is 2. The van der Waals surface area contributed by atoms with Crippen LogP contribution in [0.15, 0.2) is 36.4 Å². The van der Waals surface area contributed by atoms with E-state index in [-0.39, 0.29) is 54.2 Å². The highest BCUT2D eigenvalue weighted by atomic mass is 35.5. The molecule has 0 spiro atoms. The summed E-state index contributed by atoms with van der Waals surface area (Å²) in [5.74, 6) is -1.34. The van der Waals surface area contributed by atoms with E-state index < -0.39 is 41.0 Å². The SMILES string of the molecule is CCC(CCN)NCC(=O)N1CCN(C(=O)c2cc(C(F)(F)F)cc(C(F)(F)F)c2)CC1c1ccc(Cl)c(Cl)c1. The monoisotopic (exact) mass is 612 g/mol. The van der Waals surface area contributed by atoms with E-state index in [1.54, 1.807) is 6.07 Å². The van der Waals surface area contributed by atoms with Gasteiger partial charge in [-0.2, -0.15) is 26.3 Å². The number of rotatable bonds is 8. The Hall–Kier alpha value is -2.54. The van der Waals surface area contributed by atoms with E-state index in [0.717, 1.165) is 11.3 Å². The number of hydrogen-bond donors (Lipinski definition) is 2. The molecular formula is C26H28Cl2F6N4O2. The maximum Gasteiger partial charge on any atom is 0.416 e. The Morgan fingerprint density at radius 3 is 2.15 bits per heavy atom. The van der Waals surface area contributed by atoms with Gasteiger partial charge in [0.1, 0.15) is 0 Å². The minimum absolute atomic E-state index is 0.00369. The Bertz CT molecular complexity index is 1190. The molecule has 1 aliphatic rings. The minimum Gasteiger partial charge on any atom is -0.334 e. The van der Waals surface area contributed by atoms with Crippen LogP contribution in [0.2, 0.25) is 10.0 Å². The molecule has 3 rings (SSSR count). The van der Waals surface area contributed by atoms with Crippen LogP contribution in [0, 0.1) is 0 Å². The molecule has 220 valence electrons. The second kappa shape index (κ2) is 13.0. The zero-order chi connectivity index (χ0) is 29.8. The van der Waals surface area contributed by atoms with Crippen molar-refractivity contribution in [2.24, 2.45) is 5.73 Å². The molecular weight excluding hydrogens is 585 g/mol. The van der Waals surface area contributed by atoms with E-state index in [1.807, 2.05) is 6.92 Å². The van der Waals surface area contributed by atoms with Crippen LogP contribution in [-0.4, -0.2) is 60.4 Å². The van der Waals surface area contributed by atoms with Crippen LogP contribution >= 0.6 is 23.2 Å². The van der Waals surface area contributed by atoms with Gasteiger partial charge in [-0.15, -0.1) is 0 Å². The zero-order valence-corrected chi connectivity index (χ0v) is 22.9. The van der Waals surface area contributed by atoms with Crippen molar-refractivity contribution in [3.63, 3.8) is 0 Å². The normalized spacial score (nSPS) is 17.2. The summed E-state index contributed by atoms with van der Waals surface area (Å²) in [6.07, 6.45) is -8.81. The van der Waals surface area contributed by atoms with Crippen molar-refractivity contribution in [3.05, 3.63) is 68.7 Å². The van der Waals surface area contributed by atoms with Gasteiger partial charge in [0.15, 0.2) is 0 Å². The van der Waals surface area contributed by atoms with Gasteiger partial charge >= 0.3 is 12.4 Å². The number of nitrogens with one attached hydrogen (secondary N) is 1. The van der Waals surface area contributed by atoms with Gasteiger partial charge in [-0.05, 0) is 55.3 Å². The van der Waals surface area contributed by atoms with E-state index >= 15 is 0 Å². The van der Waals surface area contributed by atoms with Gasteiger partial charge in [0.05, 0.1) is 33.8 Å². The summed E-state index contributed by atoms with van der Waals surface area (Å²) in [4.78, 5) is 29.1. The van der Waals surface area contributed by atoms with Crippen molar-refractivity contribution in [2.75, 3.05) is 32.7 Å². The van der Waals surface area contributed by atoms with Gasteiger partial charge in [0, 0.05) is 31.2 Å². The van der Waals surface area contributed by atoms with Gasteiger partial charge in [-0.1, -0.05) is 36.2 Å². The third kappa shape index (κ3) is 7.80. The molecule has 0 saturated carbocycles. The molecule has 14 heteroatoms. The fourth-order valence-corrected chi connectivity index (χ4v) is 4.82. The molecule has 2 atom stereocenters. The van der Waals surface area contributed by atoms with E-state index in [9.17, 15) is 35.9 Å². The van der Waals surface area contributed by atoms with Gasteiger partial charge in [0.2, 0.25) is 5.91 Å². The van der Waals surface area contributed by atoms with Crippen LogP contribution in [0.5, 0.6) is 0 Å². The van der Waals surface area contributed by atoms with Crippen molar-refractivity contribution in [2.45, 2.75) is 44.2 Å². The maximum atomic E-state index is 13.4. The summed E-state index contributed by atoms with van der Waals surface area (Å²) in [5, 5.41) is 3.56. The quantitative estimate of drug-likeness (QED) is 0.371. The van der Waals surface area contributed by atoms with Crippen LogP contribution in [0.4, 0.5) is 26.3 Å². The first-order chi connectivity index (χ1) is 18.6. The fraction of sp³-hybridized carbons (Fsp3) is 0.462. The summed E-state index contributed by atoms with van der Waals surface area (Å²) < 4.78 is 80.2. The highest BCUT2D eigenvalue weighted by Gasteiger charge is 2.39. The second-order valence-electron chi connectivity index (χ2n) is 9.39. The Kier molecular flexibility index (Phi) is 10.4. The summed E-state index contributed by atoms with van der Waals surface area (Å²) in [5.41, 5.74) is 2.17. The van der Waals surface area contributed by atoms with Crippen LogP contribution in [-0.2, 0) is 17.1 Å². The van der Waals surface area contributed by atoms with E-state index in [4.69, 9.17) is 28.9 Å². The second-order valence-corrected chi connectivity index (χ2v) is 10.2. The van der Waals surface area contributed by atoms with E-state index in [0.29, 0.717) is 30.7 Å². The Morgan fingerprint density at radius 2 is 1.62 bits per heavy atom. The van der Waals surface area contributed by atoms with Crippen LogP contribution < -0.4 is 11.1 Å². The highest BCUT2D eigenvalue weighted by Crippen LogP contribution is 2.37. The number of benzene rings is 2. The van der Waals surface area contributed by atoms with Crippen molar-refractivity contribution >= 4 is 35.0 Å². The summed E-state index contributed by atoms with van der Waals surface area (Å²) in [6.45, 7) is 2.01. The smallest absolute Gasteiger partial charge is 0.334 e. The first-order valence-electron chi connectivity index (χ1n) is 12.4. The number of amides is 2. The molecule has 1 saturated heterocycles. The average molecular weight is 613 g/mol. The molecule has 1 heterocycles. The standard InChI is InChI=1S/C26H28Cl2F6N4O2/c1-2-19(5-6-35)36-13-23(39)38-8-7-37(14-22(38)15-3-4-20(27)21(28)11-15)24(40)16-9-17(25(29,30)31)12-18(10-16)26(32,33)34/h3-4,9-12,19,22,36H,2,5-8,13-14,35H2,1H3. The first-order valence-corrected chi connectivity index (χ1v) is 13.2. The molecule has 2 aromatic rings. The average Bonchev–Trinajstić information content (AvgIpc) is 2.90. The van der Waals surface area contributed by atoms with Crippen LogP contribution in [0.3, 0.4) is 0 Å². The fourth-order valence-electron chi connectivity index (χ4n) is 4.52. The third-order valence-corrected chi connectivity index (χ3v) is 7.44. The number of alkyl halides is 6. The largest absolute Gasteiger partial charge is 0.416 e. The van der Waals surface area contributed by atoms with E-state index in [2.05, 4.69) is 5.32 Å². The molecule has 2 amide bonds. The molecule has 0 aromatic heterocycles. The maximum absolute atomic E-state index is 13.4. The molecule has 3 N–H and O–H groups in total. The molecule has 0 radical (unpaired) electrons. The molecule has 1 aliphatic heterocycles. The van der Waals surface area contributed by atoms with Gasteiger partial charge in [0.25, 0.3) is 5.91 Å². The molecule has 0 bridgehead atoms. The summed E-state index contributed by atoms with van der Waals surface area (Å²) >= 11 is 12.2. The highest BCUT2D eigenvalue weighted by molar-refractivity contribution is 6.42. The van der Waals surface area contributed by atoms with Gasteiger partial charge < -0.3 is 20.9 Å². The predicted molar refractivity (Wildman–Crippen MR) is 139 cm³/mol. The van der Waals surface area contributed by atoms with Crippen LogP contribution in [0.1, 0.15) is 52.9 Å². The Morgan fingerprint density at radius 1 is 1.00 bits per heavy atom. The van der Waals surface area contributed by atoms with Gasteiger partial charge in [-0.25, -0.2) is 0 Å². The number of piperazine rings is 1. The minimum atomic E-state index is -5.10. The molecule has 2 unspecified atom stereocenters. The van der Waals surface area contributed by atoms with Crippen molar-refractivity contribution < 1.29 is 35.9 Å². The Balaban J connectivity index is 1.93. The van der Waals surface area contributed by atoms with Crippen molar-refractivity contribution in [1.82, 2.24) is 15.1 Å². The van der Waals surface area contributed by atoms with Crippen molar-refractivity contribution in [1.29, 1.82) is 0 Å². The van der Waals surface area contributed by atoms with Crippen LogP contribution in [0.25, 0.3) is 0 Å². The number of carbonyl (C=O) groups is 2. The predicted octanol–water partition coefficient (Wildman–Crippen LogP) is 5.77. The number of halogens is 8. The molecule has 0 aliphatic carbocycles. The zero-order valence-electron chi connectivity index (χ0n) is 21.4. The topological polar surface area (TPSA) is 78.7 Å². The lowest BCUT2D eigenvalue weighted by Gasteiger charge is -2.42. The molecule has 1 fully saturated rings. The van der Waals surface area contributed by atoms with Crippen molar-refractivity contribution in [3.8, 4) is 0 Å². The number of carbonyl (C=O) groups excluding carboxylic acids is 2. The lowest BCUT2D eigenvalue weighted by molar-refractivity contribution is -0.143. The molecule has 40 heavy (non-hydrogen) atoms. The molecule has 6 nitrogen and oxygen atoms in total. The number of hydrogen-bond acceptors (Lipinski definition) is 4. The summed E-state index contributed by atoms with van der Waals surface area (Å²) in [7, 11) is 0. The summed E-state index contributed by atoms with van der Waals surface area (Å²) in [6, 6.07) is 4.57.